The lowest BCUT2D eigenvalue weighted by atomic mass is 9.99. The van der Waals surface area contributed by atoms with E-state index >= 15 is 0 Å². The molecular formula is C14H18ClNO3S. The maximum Gasteiger partial charge on any atom is 0.329 e. The molecule has 0 aromatic heterocycles. The molecule has 0 aliphatic rings. The van der Waals surface area contributed by atoms with E-state index in [-0.39, 0.29) is 11.2 Å². The molecule has 110 valence electrons. The summed E-state index contributed by atoms with van der Waals surface area (Å²) < 4.78 is 0. The summed E-state index contributed by atoms with van der Waals surface area (Å²) >= 11 is 7.16. The monoisotopic (exact) mass is 315 g/mol. The Bertz CT molecular complexity index is 492. The van der Waals surface area contributed by atoms with Gasteiger partial charge in [-0.1, -0.05) is 18.5 Å². The van der Waals surface area contributed by atoms with Crippen LogP contribution in [-0.4, -0.2) is 27.8 Å². The molecule has 4 nitrogen and oxygen atoms in total. The lowest BCUT2D eigenvalue weighted by Gasteiger charge is -2.26. The predicted octanol–water partition coefficient (Wildman–Crippen LogP) is 3.19. The van der Waals surface area contributed by atoms with Crippen molar-refractivity contribution >= 4 is 35.2 Å². The van der Waals surface area contributed by atoms with Gasteiger partial charge < -0.3 is 10.4 Å². The minimum Gasteiger partial charge on any atom is -0.480 e. The molecule has 0 bridgehead atoms. The van der Waals surface area contributed by atoms with E-state index < -0.39 is 11.5 Å². The van der Waals surface area contributed by atoms with Crippen molar-refractivity contribution in [1.29, 1.82) is 0 Å². The second kappa shape index (κ2) is 6.99. The van der Waals surface area contributed by atoms with Crippen molar-refractivity contribution in [3.63, 3.8) is 0 Å². The van der Waals surface area contributed by atoms with Gasteiger partial charge in [0.25, 0.3) is 0 Å². The highest BCUT2D eigenvalue weighted by Crippen LogP contribution is 2.25. The zero-order valence-electron chi connectivity index (χ0n) is 11.6. The topological polar surface area (TPSA) is 66.4 Å². The fourth-order valence-corrected chi connectivity index (χ4v) is 2.43. The number of aliphatic carboxylic acids is 1. The highest BCUT2D eigenvalue weighted by atomic mass is 35.5. The van der Waals surface area contributed by atoms with E-state index in [4.69, 9.17) is 16.7 Å². The molecule has 0 radical (unpaired) electrons. The van der Waals surface area contributed by atoms with Crippen LogP contribution in [0.4, 0.5) is 0 Å². The highest BCUT2D eigenvalue weighted by molar-refractivity contribution is 8.00. The van der Waals surface area contributed by atoms with E-state index in [0.717, 1.165) is 4.90 Å². The fraction of sp³-hybridized carbons (Fsp3) is 0.429. The van der Waals surface area contributed by atoms with E-state index in [1.807, 2.05) is 12.1 Å². The van der Waals surface area contributed by atoms with Crippen molar-refractivity contribution in [2.24, 2.45) is 0 Å². The third-order valence-electron chi connectivity index (χ3n) is 3.07. The van der Waals surface area contributed by atoms with Gasteiger partial charge in [0.1, 0.15) is 5.54 Å². The second-order valence-electron chi connectivity index (χ2n) is 4.69. The number of hydrogen-bond acceptors (Lipinski definition) is 3. The molecule has 20 heavy (non-hydrogen) atoms. The number of carboxylic acids is 1. The van der Waals surface area contributed by atoms with Gasteiger partial charge in [0.15, 0.2) is 0 Å². The Hall–Kier alpha value is -1.20. The van der Waals surface area contributed by atoms with Gasteiger partial charge in [0.2, 0.25) is 5.91 Å². The first-order valence-electron chi connectivity index (χ1n) is 6.26. The van der Waals surface area contributed by atoms with E-state index in [0.29, 0.717) is 11.4 Å². The number of halogens is 1. The first-order valence-corrected chi connectivity index (χ1v) is 7.52. The zero-order valence-corrected chi connectivity index (χ0v) is 13.2. The predicted molar refractivity (Wildman–Crippen MR) is 81.2 cm³/mol. The Labute approximate surface area is 127 Å². The molecule has 0 aliphatic carbocycles. The summed E-state index contributed by atoms with van der Waals surface area (Å²) in [6.07, 6.45) is 0.326. The Kier molecular flexibility index (Phi) is 5.89. The fourth-order valence-electron chi connectivity index (χ4n) is 1.44. The molecule has 0 aliphatic heterocycles. The number of hydrogen-bond donors (Lipinski definition) is 2. The molecule has 2 unspecified atom stereocenters. The van der Waals surface area contributed by atoms with Gasteiger partial charge >= 0.3 is 5.97 Å². The van der Waals surface area contributed by atoms with Crippen LogP contribution < -0.4 is 5.32 Å². The highest BCUT2D eigenvalue weighted by Gasteiger charge is 2.34. The summed E-state index contributed by atoms with van der Waals surface area (Å²) in [5.41, 5.74) is -1.23. The Morgan fingerprint density at radius 3 is 2.40 bits per heavy atom. The number of carbonyl (C=O) groups excluding carboxylic acids is 1. The van der Waals surface area contributed by atoms with Crippen LogP contribution in [0.2, 0.25) is 5.02 Å². The van der Waals surface area contributed by atoms with Crippen LogP contribution in [0.1, 0.15) is 27.2 Å². The molecule has 1 aromatic carbocycles. The minimum absolute atomic E-state index is 0.295. The summed E-state index contributed by atoms with van der Waals surface area (Å²) in [5, 5.41) is 12.0. The molecule has 0 fully saturated rings. The standard InChI is InChI=1S/C14H18ClNO3S/c1-4-14(3,13(18)19)16-12(17)9(2)20-11-7-5-10(15)6-8-11/h5-9H,4H2,1-3H3,(H,16,17)(H,18,19). The third-order valence-corrected chi connectivity index (χ3v) is 4.44. The smallest absolute Gasteiger partial charge is 0.329 e. The van der Waals surface area contributed by atoms with Crippen molar-refractivity contribution in [3.05, 3.63) is 29.3 Å². The van der Waals surface area contributed by atoms with Gasteiger partial charge in [0.05, 0.1) is 5.25 Å². The molecule has 1 amide bonds. The number of rotatable bonds is 6. The summed E-state index contributed by atoms with van der Waals surface area (Å²) in [7, 11) is 0. The quantitative estimate of drug-likeness (QED) is 0.791. The van der Waals surface area contributed by atoms with Crippen molar-refractivity contribution in [2.75, 3.05) is 0 Å². The summed E-state index contributed by atoms with van der Waals surface area (Å²) in [5.74, 6) is -1.33. The van der Waals surface area contributed by atoms with Gasteiger partial charge in [0, 0.05) is 9.92 Å². The number of benzene rings is 1. The van der Waals surface area contributed by atoms with Crippen molar-refractivity contribution in [3.8, 4) is 0 Å². The molecule has 0 spiro atoms. The lowest BCUT2D eigenvalue weighted by Crippen LogP contribution is -2.53. The molecule has 0 saturated heterocycles. The van der Waals surface area contributed by atoms with Gasteiger partial charge in [-0.05, 0) is 44.5 Å². The summed E-state index contributed by atoms with van der Waals surface area (Å²) in [4.78, 5) is 24.1. The van der Waals surface area contributed by atoms with E-state index in [2.05, 4.69) is 5.32 Å². The molecule has 1 rings (SSSR count). The molecule has 6 heteroatoms. The number of carbonyl (C=O) groups is 2. The zero-order chi connectivity index (χ0) is 15.3. The summed E-state index contributed by atoms with van der Waals surface area (Å²) in [6, 6.07) is 7.16. The number of amides is 1. The summed E-state index contributed by atoms with van der Waals surface area (Å²) in [6.45, 7) is 4.98. The molecule has 1 aromatic rings. The largest absolute Gasteiger partial charge is 0.480 e. The molecule has 2 N–H and O–H groups in total. The van der Waals surface area contributed by atoms with Gasteiger partial charge in [-0.15, -0.1) is 11.8 Å². The molecule has 0 heterocycles. The Morgan fingerprint density at radius 1 is 1.40 bits per heavy atom. The van der Waals surface area contributed by atoms with Crippen LogP contribution >= 0.6 is 23.4 Å². The Morgan fingerprint density at radius 2 is 1.95 bits per heavy atom. The van der Waals surface area contributed by atoms with Crippen molar-refractivity contribution in [2.45, 2.75) is 42.9 Å². The van der Waals surface area contributed by atoms with E-state index in [1.54, 1.807) is 26.0 Å². The lowest BCUT2D eigenvalue weighted by molar-refractivity contribution is -0.146. The first kappa shape index (κ1) is 16.9. The molecule has 0 saturated carbocycles. The second-order valence-corrected chi connectivity index (χ2v) is 6.54. The van der Waals surface area contributed by atoms with Crippen molar-refractivity contribution < 1.29 is 14.7 Å². The van der Waals surface area contributed by atoms with Crippen LogP contribution in [-0.2, 0) is 9.59 Å². The normalized spacial score (nSPS) is 15.2. The third kappa shape index (κ3) is 4.42. The number of thioether (sulfide) groups is 1. The van der Waals surface area contributed by atoms with Crippen LogP contribution in [0.15, 0.2) is 29.2 Å². The van der Waals surface area contributed by atoms with Crippen LogP contribution in [0.3, 0.4) is 0 Å². The van der Waals surface area contributed by atoms with E-state index in [9.17, 15) is 9.59 Å². The van der Waals surface area contributed by atoms with Gasteiger partial charge in [-0.25, -0.2) is 4.79 Å². The number of nitrogens with one attached hydrogen (secondary N) is 1. The van der Waals surface area contributed by atoms with E-state index in [1.165, 1.54) is 18.7 Å². The van der Waals surface area contributed by atoms with Crippen LogP contribution in [0.25, 0.3) is 0 Å². The number of carboxylic acid groups (broad SMARTS) is 1. The average molecular weight is 316 g/mol. The minimum atomic E-state index is -1.23. The average Bonchev–Trinajstić information content (AvgIpc) is 2.40. The van der Waals surface area contributed by atoms with Gasteiger partial charge in [-0.2, -0.15) is 0 Å². The van der Waals surface area contributed by atoms with Crippen LogP contribution in [0.5, 0.6) is 0 Å². The SMILES string of the molecule is CCC(C)(NC(=O)C(C)Sc1ccc(Cl)cc1)C(=O)O. The maximum atomic E-state index is 12.1. The van der Waals surface area contributed by atoms with Crippen molar-refractivity contribution in [1.82, 2.24) is 5.32 Å². The maximum absolute atomic E-state index is 12.1. The first-order chi connectivity index (χ1) is 9.28. The molecule has 2 atom stereocenters. The Balaban J connectivity index is 2.67. The van der Waals surface area contributed by atoms with Gasteiger partial charge in [-0.3, -0.25) is 4.79 Å². The molecular weight excluding hydrogens is 298 g/mol. The van der Waals surface area contributed by atoms with Crippen LogP contribution in [0, 0.1) is 0 Å².